The summed E-state index contributed by atoms with van der Waals surface area (Å²) in [6.45, 7) is 6.27. The van der Waals surface area contributed by atoms with Crippen molar-refractivity contribution >= 4 is 11.9 Å². The molecule has 1 N–H and O–H groups in total. The molecular formula is C23H28N2O4. The summed E-state index contributed by atoms with van der Waals surface area (Å²) in [4.78, 5) is 26.8. The van der Waals surface area contributed by atoms with Crippen LogP contribution in [-0.4, -0.2) is 55.7 Å². The first kappa shape index (κ1) is 21.0. The number of hydrogen-bond acceptors (Lipinski definition) is 5. The van der Waals surface area contributed by atoms with Gasteiger partial charge in [-0.05, 0) is 36.6 Å². The number of nitrogens with one attached hydrogen (secondary N) is 1. The molecule has 1 amide bonds. The van der Waals surface area contributed by atoms with E-state index in [1.165, 1.54) is 0 Å². The highest BCUT2D eigenvalue weighted by molar-refractivity contribution is 5.92. The van der Waals surface area contributed by atoms with Crippen LogP contribution in [0, 0.1) is 0 Å². The summed E-state index contributed by atoms with van der Waals surface area (Å²) >= 11 is 0. The first-order chi connectivity index (χ1) is 14.1. The zero-order valence-electron chi connectivity index (χ0n) is 16.8. The number of morpholine rings is 1. The van der Waals surface area contributed by atoms with Crippen LogP contribution in [0.2, 0.25) is 0 Å². The molecule has 1 fully saturated rings. The monoisotopic (exact) mass is 396 g/mol. The molecule has 1 atom stereocenters. The number of esters is 1. The van der Waals surface area contributed by atoms with E-state index in [2.05, 4.69) is 10.2 Å². The molecule has 1 aliphatic heterocycles. The van der Waals surface area contributed by atoms with Gasteiger partial charge in [0.15, 0.2) is 6.10 Å². The number of carbonyl (C=O) groups is 2. The molecule has 154 valence electrons. The third-order valence-electron chi connectivity index (χ3n) is 4.91. The van der Waals surface area contributed by atoms with Crippen LogP contribution in [0.3, 0.4) is 0 Å². The Kier molecular flexibility index (Phi) is 7.78. The average molecular weight is 396 g/mol. The average Bonchev–Trinajstić information content (AvgIpc) is 2.75. The van der Waals surface area contributed by atoms with Crippen molar-refractivity contribution in [2.75, 3.05) is 32.8 Å². The Balaban J connectivity index is 1.42. The molecule has 6 nitrogen and oxygen atoms in total. The molecule has 3 rings (SSSR count). The van der Waals surface area contributed by atoms with Gasteiger partial charge in [0.1, 0.15) is 0 Å². The number of nitrogens with zero attached hydrogens (tertiary/aromatic N) is 1. The van der Waals surface area contributed by atoms with Gasteiger partial charge in [0.2, 0.25) is 0 Å². The Labute approximate surface area is 171 Å². The minimum Gasteiger partial charge on any atom is -0.449 e. The Morgan fingerprint density at radius 3 is 2.41 bits per heavy atom. The van der Waals surface area contributed by atoms with E-state index in [1.807, 2.05) is 42.5 Å². The Hall–Kier alpha value is -2.70. The summed E-state index contributed by atoms with van der Waals surface area (Å²) in [5.41, 5.74) is 2.73. The van der Waals surface area contributed by atoms with E-state index in [9.17, 15) is 9.59 Å². The first-order valence-electron chi connectivity index (χ1n) is 10.0. The summed E-state index contributed by atoms with van der Waals surface area (Å²) in [6.07, 6.45) is -0.107. The summed E-state index contributed by atoms with van der Waals surface area (Å²) < 4.78 is 10.7. The van der Waals surface area contributed by atoms with Gasteiger partial charge in [-0.1, -0.05) is 42.5 Å². The van der Waals surface area contributed by atoms with E-state index in [1.54, 1.807) is 19.1 Å². The lowest BCUT2D eigenvalue weighted by molar-refractivity contribution is -0.129. The Bertz CT molecular complexity index is 786. The van der Waals surface area contributed by atoms with E-state index in [0.29, 0.717) is 12.1 Å². The van der Waals surface area contributed by atoms with Crippen molar-refractivity contribution in [3.8, 4) is 0 Å². The molecular weight excluding hydrogens is 368 g/mol. The second-order valence-corrected chi connectivity index (χ2v) is 7.16. The quantitative estimate of drug-likeness (QED) is 0.694. The van der Waals surface area contributed by atoms with Crippen molar-refractivity contribution in [3.63, 3.8) is 0 Å². The van der Waals surface area contributed by atoms with Crippen LogP contribution >= 0.6 is 0 Å². The number of ether oxygens (including phenoxy) is 2. The van der Waals surface area contributed by atoms with Crippen LogP contribution in [0.5, 0.6) is 0 Å². The van der Waals surface area contributed by atoms with Crippen LogP contribution in [0.25, 0.3) is 0 Å². The van der Waals surface area contributed by atoms with E-state index in [0.717, 1.165) is 50.4 Å². The maximum atomic E-state index is 12.3. The van der Waals surface area contributed by atoms with Gasteiger partial charge in [0.25, 0.3) is 5.91 Å². The summed E-state index contributed by atoms with van der Waals surface area (Å²) in [6, 6.07) is 17.3. The van der Waals surface area contributed by atoms with Crippen LogP contribution in [-0.2, 0) is 27.2 Å². The number of amides is 1. The minimum absolute atomic E-state index is 0.293. The maximum Gasteiger partial charge on any atom is 0.338 e. The minimum atomic E-state index is -0.841. The molecule has 1 aliphatic rings. The number of hydrogen-bond donors (Lipinski definition) is 1. The van der Waals surface area contributed by atoms with Gasteiger partial charge in [-0.15, -0.1) is 0 Å². The fraction of sp³-hybridized carbons (Fsp3) is 0.391. The lowest BCUT2D eigenvalue weighted by Gasteiger charge is -2.26. The zero-order chi connectivity index (χ0) is 20.5. The summed E-state index contributed by atoms with van der Waals surface area (Å²) in [5.74, 6) is -0.785. The second kappa shape index (κ2) is 10.7. The topological polar surface area (TPSA) is 67.9 Å². The van der Waals surface area contributed by atoms with Gasteiger partial charge < -0.3 is 14.8 Å². The van der Waals surface area contributed by atoms with E-state index in [-0.39, 0.29) is 5.91 Å². The SMILES string of the molecule is C[C@H](OC(=O)c1ccc(CN2CCOCC2)cc1)C(=O)NCCc1ccccc1. The highest BCUT2D eigenvalue weighted by Gasteiger charge is 2.19. The Morgan fingerprint density at radius 1 is 1.03 bits per heavy atom. The normalized spacial score (nSPS) is 15.5. The van der Waals surface area contributed by atoms with Crippen molar-refractivity contribution < 1.29 is 19.1 Å². The second-order valence-electron chi connectivity index (χ2n) is 7.16. The number of rotatable bonds is 8. The molecule has 1 saturated heterocycles. The number of benzene rings is 2. The summed E-state index contributed by atoms with van der Waals surface area (Å²) in [7, 11) is 0. The summed E-state index contributed by atoms with van der Waals surface area (Å²) in [5, 5.41) is 2.81. The Morgan fingerprint density at radius 2 is 1.72 bits per heavy atom. The van der Waals surface area contributed by atoms with Crippen molar-refractivity contribution in [1.82, 2.24) is 10.2 Å². The molecule has 0 aliphatic carbocycles. The predicted molar refractivity (Wildman–Crippen MR) is 111 cm³/mol. The molecule has 0 radical (unpaired) electrons. The van der Waals surface area contributed by atoms with Gasteiger partial charge >= 0.3 is 5.97 Å². The molecule has 6 heteroatoms. The molecule has 29 heavy (non-hydrogen) atoms. The molecule has 0 unspecified atom stereocenters. The van der Waals surface area contributed by atoms with E-state index < -0.39 is 12.1 Å². The van der Waals surface area contributed by atoms with Gasteiger partial charge in [0, 0.05) is 26.2 Å². The van der Waals surface area contributed by atoms with Crippen LogP contribution in [0.15, 0.2) is 54.6 Å². The lowest BCUT2D eigenvalue weighted by Crippen LogP contribution is -2.37. The van der Waals surface area contributed by atoms with Gasteiger partial charge in [-0.25, -0.2) is 4.79 Å². The molecule has 0 bridgehead atoms. The van der Waals surface area contributed by atoms with Crippen molar-refractivity contribution in [1.29, 1.82) is 0 Å². The van der Waals surface area contributed by atoms with Gasteiger partial charge in [0.05, 0.1) is 18.8 Å². The van der Waals surface area contributed by atoms with Crippen LogP contribution < -0.4 is 5.32 Å². The van der Waals surface area contributed by atoms with Crippen molar-refractivity contribution in [3.05, 3.63) is 71.3 Å². The smallest absolute Gasteiger partial charge is 0.338 e. The molecule has 2 aromatic carbocycles. The largest absolute Gasteiger partial charge is 0.449 e. The predicted octanol–water partition coefficient (Wildman–Crippen LogP) is 2.42. The highest BCUT2D eigenvalue weighted by atomic mass is 16.5. The molecule has 1 heterocycles. The fourth-order valence-electron chi connectivity index (χ4n) is 3.16. The lowest BCUT2D eigenvalue weighted by atomic mass is 10.1. The van der Waals surface area contributed by atoms with E-state index >= 15 is 0 Å². The number of carbonyl (C=O) groups excluding carboxylic acids is 2. The molecule has 0 aromatic heterocycles. The van der Waals surface area contributed by atoms with Gasteiger partial charge in [-0.2, -0.15) is 0 Å². The third-order valence-corrected chi connectivity index (χ3v) is 4.91. The maximum absolute atomic E-state index is 12.3. The van der Waals surface area contributed by atoms with Gasteiger partial charge in [-0.3, -0.25) is 9.69 Å². The fourth-order valence-corrected chi connectivity index (χ4v) is 3.16. The van der Waals surface area contributed by atoms with Crippen molar-refractivity contribution in [2.24, 2.45) is 0 Å². The van der Waals surface area contributed by atoms with Crippen LogP contribution in [0.4, 0.5) is 0 Å². The first-order valence-corrected chi connectivity index (χ1v) is 10.0. The molecule has 0 saturated carbocycles. The zero-order valence-corrected chi connectivity index (χ0v) is 16.8. The third kappa shape index (κ3) is 6.69. The molecule has 0 spiro atoms. The standard InChI is InChI=1S/C23H28N2O4/c1-18(22(26)24-12-11-19-5-3-2-4-6-19)29-23(27)21-9-7-20(8-10-21)17-25-13-15-28-16-14-25/h2-10,18H,11-17H2,1H3,(H,24,26)/t18-/m0/s1. The van der Waals surface area contributed by atoms with E-state index in [4.69, 9.17) is 9.47 Å². The van der Waals surface area contributed by atoms with Crippen molar-refractivity contribution in [2.45, 2.75) is 26.0 Å². The molecule has 2 aromatic rings. The van der Waals surface area contributed by atoms with Crippen LogP contribution in [0.1, 0.15) is 28.4 Å². The highest BCUT2D eigenvalue weighted by Crippen LogP contribution is 2.11.